The monoisotopic (exact) mass is 401 g/mol. The van der Waals surface area contributed by atoms with Crippen molar-refractivity contribution in [3.05, 3.63) is 0 Å². The molecule has 1 fully saturated rings. The van der Waals surface area contributed by atoms with Gasteiger partial charge in [-0.3, -0.25) is 4.90 Å². The number of carbonyl (C=O) groups is 2. The Kier molecular flexibility index (Phi) is 10.2. The quantitative estimate of drug-likeness (QED) is 0.543. The lowest BCUT2D eigenvalue weighted by molar-refractivity contribution is 0.0124. The summed E-state index contributed by atoms with van der Waals surface area (Å²) in [5.74, 6) is 0.645. The number of ether oxygens (including phenoxy) is 1. The van der Waals surface area contributed by atoms with E-state index in [1.54, 1.807) is 0 Å². The molecule has 0 amide bonds. The van der Waals surface area contributed by atoms with Crippen LogP contribution in [0.2, 0.25) is 0 Å². The van der Waals surface area contributed by atoms with Crippen molar-refractivity contribution in [2.24, 2.45) is 0 Å². The van der Waals surface area contributed by atoms with Gasteiger partial charge in [-0.05, 0) is 12.8 Å². The molecule has 0 bridgehead atoms. The molecule has 0 aromatic rings. The van der Waals surface area contributed by atoms with Crippen LogP contribution in [-0.2, 0) is 4.74 Å². The maximum atomic E-state index is 11.0. The molecule has 0 saturated carbocycles. The average molecular weight is 402 g/mol. The van der Waals surface area contributed by atoms with Gasteiger partial charge in [0.25, 0.3) is 0 Å². The largest absolute Gasteiger partial charge is 0.473 e. The molecule has 0 spiro atoms. The minimum absolute atomic E-state index is 0.107. The van der Waals surface area contributed by atoms with Gasteiger partial charge in [-0.15, -0.1) is 0 Å². The van der Waals surface area contributed by atoms with Crippen LogP contribution in [0.25, 0.3) is 0 Å². The first-order chi connectivity index (χ1) is 10.9. The highest BCUT2D eigenvalue weighted by Crippen LogP contribution is 2.47. The lowest BCUT2D eigenvalue weighted by Gasteiger charge is -2.45. The molecule has 0 aliphatic carbocycles. The van der Waals surface area contributed by atoms with Crippen LogP contribution in [-0.4, -0.2) is 68.6 Å². The molecule has 10 heteroatoms. The molecule has 0 aromatic carbocycles. The first-order valence-electron chi connectivity index (χ1n) is 7.38. The molecule has 23 heavy (non-hydrogen) atoms. The van der Waals surface area contributed by atoms with Gasteiger partial charge in [-0.2, -0.15) is 0 Å². The molecule has 134 valence electrons. The Morgan fingerprint density at radius 1 is 1.13 bits per heavy atom. The van der Waals surface area contributed by atoms with Crippen LogP contribution < -0.4 is 0 Å². The zero-order valence-electron chi connectivity index (χ0n) is 13.2. The highest BCUT2D eigenvalue weighted by molar-refractivity contribution is 8.82. The van der Waals surface area contributed by atoms with Crippen molar-refractivity contribution in [1.82, 2.24) is 4.90 Å². The maximum absolute atomic E-state index is 11.0. The SMILES string of the molecule is CCC(CC)(SSC(=O)O)C(CSSC(=O)O)N1CCOCC1. The second kappa shape index (κ2) is 11.0. The predicted molar refractivity (Wildman–Crippen MR) is 101 cm³/mol. The molecule has 1 aliphatic rings. The van der Waals surface area contributed by atoms with E-state index in [-0.39, 0.29) is 10.8 Å². The molecule has 6 nitrogen and oxygen atoms in total. The fraction of sp³-hybridized carbons (Fsp3) is 0.846. The third kappa shape index (κ3) is 6.95. The van der Waals surface area contributed by atoms with E-state index in [1.807, 2.05) is 0 Å². The van der Waals surface area contributed by atoms with Crippen LogP contribution in [0, 0.1) is 0 Å². The molecular formula is C13H23NO5S4. The molecule has 0 aromatic heterocycles. The summed E-state index contributed by atoms with van der Waals surface area (Å²) in [5, 5.41) is 16.1. The van der Waals surface area contributed by atoms with Crippen LogP contribution in [0.3, 0.4) is 0 Å². The predicted octanol–water partition coefficient (Wildman–Crippen LogP) is 4.36. The van der Waals surface area contributed by atoms with Crippen molar-refractivity contribution in [3.8, 4) is 0 Å². The molecule has 0 radical (unpaired) electrons. The van der Waals surface area contributed by atoms with Crippen LogP contribution in [0.4, 0.5) is 9.59 Å². The van der Waals surface area contributed by atoms with Gasteiger partial charge in [0.15, 0.2) is 0 Å². The molecule has 1 saturated heterocycles. The summed E-state index contributed by atoms with van der Waals surface area (Å²) < 4.78 is 5.19. The van der Waals surface area contributed by atoms with E-state index in [0.717, 1.165) is 47.5 Å². The number of nitrogens with zero attached hydrogens (tertiary/aromatic N) is 1. The van der Waals surface area contributed by atoms with Gasteiger partial charge in [0.1, 0.15) is 0 Å². The second-order valence-corrected chi connectivity index (χ2v) is 9.79. The fourth-order valence-electron chi connectivity index (χ4n) is 2.64. The number of rotatable bonds is 9. The van der Waals surface area contributed by atoms with Crippen molar-refractivity contribution in [2.45, 2.75) is 37.5 Å². The van der Waals surface area contributed by atoms with Gasteiger partial charge in [0, 0.05) is 51.2 Å². The maximum Gasteiger partial charge on any atom is 0.375 e. The topological polar surface area (TPSA) is 87.1 Å². The van der Waals surface area contributed by atoms with Crippen molar-refractivity contribution in [2.75, 3.05) is 32.1 Å². The van der Waals surface area contributed by atoms with Gasteiger partial charge in [-0.25, -0.2) is 9.59 Å². The highest BCUT2D eigenvalue weighted by atomic mass is 33.1. The summed E-state index contributed by atoms with van der Waals surface area (Å²) in [6.45, 7) is 7.05. The smallest absolute Gasteiger partial charge is 0.375 e. The highest BCUT2D eigenvalue weighted by Gasteiger charge is 2.41. The van der Waals surface area contributed by atoms with Gasteiger partial charge in [0.05, 0.1) is 13.2 Å². The standard InChI is InChI=1S/C13H23NO5S4/c1-3-13(4-2,23-22-12(17)18)10(9-20-21-11(15)16)14-5-7-19-8-6-14/h10H,3-9H2,1-2H3,(H,15,16)(H,17,18). The first kappa shape index (κ1) is 21.3. The Morgan fingerprint density at radius 2 is 1.70 bits per heavy atom. The summed E-state index contributed by atoms with van der Waals surface area (Å²) >= 11 is 0. The van der Waals surface area contributed by atoms with Crippen LogP contribution in [0.5, 0.6) is 0 Å². The first-order valence-corrected chi connectivity index (χ1v) is 11.8. The Balaban J connectivity index is 2.89. The second-order valence-electron chi connectivity index (χ2n) is 5.00. The fourth-order valence-corrected chi connectivity index (χ4v) is 7.04. The van der Waals surface area contributed by atoms with E-state index >= 15 is 0 Å². The Labute approximate surface area is 152 Å². The van der Waals surface area contributed by atoms with Gasteiger partial charge < -0.3 is 14.9 Å². The summed E-state index contributed by atoms with van der Waals surface area (Å²) in [6.07, 6.45) is 1.66. The summed E-state index contributed by atoms with van der Waals surface area (Å²) in [6, 6.07) is 0.107. The minimum Gasteiger partial charge on any atom is -0.473 e. The number of hydrogen-bond acceptors (Lipinski definition) is 8. The summed E-state index contributed by atoms with van der Waals surface area (Å²) in [7, 11) is 4.41. The third-order valence-electron chi connectivity index (χ3n) is 3.93. The Hall–Kier alpha value is 0.260. The third-order valence-corrected chi connectivity index (χ3v) is 8.91. The van der Waals surface area contributed by atoms with E-state index in [0.29, 0.717) is 19.0 Å². The number of hydrogen-bond donors (Lipinski definition) is 2. The van der Waals surface area contributed by atoms with Crippen LogP contribution >= 0.6 is 43.2 Å². The van der Waals surface area contributed by atoms with Crippen molar-refractivity contribution in [1.29, 1.82) is 0 Å². The molecule has 2 N–H and O–H groups in total. The van der Waals surface area contributed by atoms with Crippen molar-refractivity contribution in [3.63, 3.8) is 0 Å². The number of morpholine rings is 1. The Bertz CT molecular complexity index is 389. The van der Waals surface area contributed by atoms with Gasteiger partial charge in [0.2, 0.25) is 0 Å². The Morgan fingerprint density at radius 3 is 2.17 bits per heavy atom. The van der Waals surface area contributed by atoms with Crippen molar-refractivity contribution >= 4 is 53.8 Å². The molecule has 1 unspecified atom stereocenters. The number of carboxylic acid groups (broad SMARTS) is 2. The summed E-state index contributed by atoms with van der Waals surface area (Å²) in [4.78, 5) is 24.1. The van der Waals surface area contributed by atoms with Gasteiger partial charge in [-0.1, -0.05) is 35.4 Å². The molecule has 1 aliphatic heterocycles. The molecular weight excluding hydrogens is 378 g/mol. The molecule has 1 atom stereocenters. The normalized spacial score (nSPS) is 17.8. The van der Waals surface area contributed by atoms with Crippen LogP contribution in [0.15, 0.2) is 0 Å². The van der Waals surface area contributed by atoms with Crippen molar-refractivity contribution < 1.29 is 24.5 Å². The molecule has 1 rings (SSSR count). The lowest BCUT2D eigenvalue weighted by atomic mass is 9.92. The zero-order chi connectivity index (χ0) is 17.3. The van der Waals surface area contributed by atoms with E-state index in [2.05, 4.69) is 18.7 Å². The van der Waals surface area contributed by atoms with E-state index in [1.165, 1.54) is 21.6 Å². The van der Waals surface area contributed by atoms with E-state index < -0.39 is 10.6 Å². The summed E-state index contributed by atoms with van der Waals surface area (Å²) in [5.41, 5.74) is 0. The molecule has 1 heterocycles. The lowest BCUT2D eigenvalue weighted by Crippen LogP contribution is -2.55. The average Bonchev–Trinajstić information content (AvgIpc) is 2.54. The van der Waals surface area contributed by atoms with E-state index in [9.17, 15) is 9.59 Å². The zero-order valence-corrected chi connectivity index (χ0v) is 16.5. The van der Waals surface area contributed by atoms with Crippen LogP contribution in [0.1, 0.15) is 26.7 Å². The minimum atomic E-state index is -0.901. The van der Waals surface area contributed by atoms with E-state index in [4.69, 9.17) is 14.9 Å². The van der Waals surface area contributed by atoms with Gasteiger partial charge >= 0.3 is 10.6 Å².